The fourth-order valence-electron chi connectivity index (χ4n) is 3.44. The van der Waals surface area contributed by atoms with E-state index in [0.717, 1.165) is 18.4 Å². The molecule has 1 amide bonds. The number of nitrogens with two attached hydrogens (primary N) is 1. The minimum absolute atomic E-state index is 0.0353. The number of likely N-dealkylation sites (N-methyl/N-ethyl adjacent to an activating group) is 1. The third-order valence-electron chi connectivity index (χ3n) is 5.05. The lowest BCUT2D eigenvalue weighted by Gasteiger charge is -2.27. The van der Waals surface area contributed by atoms with E-state index in [0.29, 0.717) is 19.6 Å². The van der Waals surface area contributed by atoms with Crippen LogP contribution in [0.2, 0.25) is 0 Å². The SMILES string of the molecule is CCCCN(C(=O)CN(C)Cc1ccc(C)cc1)c1c(N)n(CC(C)C)c(=O)[nH]c1=O. The van der Waals surface area contributed by atoms with Crippen molar-refractivity contribution in [2.24, 2.45) is 5.92 Å². The van der Waals surface area contributed by atoms with Crippen LogP contribution in [-0.2, 0) is 17.9 Å². The normalized spacial score (nSPS) is 11.3. The number of carbonyl (C=O) groups is 1. The Kier molecular flexibility index (Phi) is 8.62. The van der Waals surface area contributed by atoms with Crippen molar-refractivity contribution in [2.75, 3.05) is 30.8 Å². The number of rotatable bonds is 10. The molecule has 0 bridgehead atoms. The lowest BCUT2D eigenvalue weighted by molar-refractivity contribution is -0.119. The summed E-state index contributed by atoms with van der Waals surface area (Å²) in [6, 6.07) is 8.15. The number of aromatic amines is 1. The molecule has 8 nitrogen and oxygen atoms in total. The topological polar surface area (TPSA) is 104 Å². The molecule has 0 aliphatic carbocycles. The van der Waals surface area contributed by atoms with E-state index in [-0.39, 0.29) is 29.9 Å². The molecule has 0 saturated carbocycles. The molecule has 8 heteroatoms. The van der Waals surface area contributed by atoms with Crippen molar-refractivity contribution in [3.05, 3.63) is 56.2 Å². The molecule has 31 heavy (non-hydrogen) atoms. The molecule has 1 heterocycles. The van der Waals surface area contributed by atoms with Crippen molar-refractivity contribution in [3.8, 4) is 0 Å². The average molecular weight is 430 g/mol. The van der Waals surface area contributed by atoms with Gasteiger partial charge < -0.3 is 10.6 Å². The first-order chi connectivity index (χ1) is 14.6. The van der Waals surface area contributed by atoms with Crippen LogP contribution in [0.3, 0.4) is 0 Å². The second-order valence-corrected chi connectivity index (χ2v) is 8.55. The molecule has 3 N–H and O–H groups in total. The zero-order valence-electron chi connectivity index (χ0n) is 19.3. The summed E-state index contributed by atoms with van der Waals surface area (Å²) in [5.41, 5.74) is 7.40. The van der Waals surface area contributed by atoms with Crippen molar-refractivity contribution in [1.82, 2.24) is 14.5 Å². The maximum absolute atomic E-state index is 13.2. The van der Waals surface area contributed by atoms with Gasteiger partial charge in [0.05, 0.1) is 6.54 Å². The second kappa shape index (κ2) is 10.9. The molecule has 0 atom stereocenters. The van der Waals surface area contributed by atoms with Crippen LogP contribution in [-0.4, -0.2) is 40.5 Å². The molecule has 0 radical (unpaired) electrons. The Morgan fingerprint density at radius 3 is 2.42 bits per heavy atom. The van der Waals surface area contributed by atoms with E-state index in [2.05, 4.69) is 4.98 Å². The van der Waals surface area contributed by atoms with Gasteiger partial charge in [0.15, 0.2) is 5.69 Å². The Labute approximate surface area is 183 Å². The molecule has 0 saturated heterocycles. The number of nitrogen functional groups attached to an aromatic ring is 1. The molecule has 0 unspecified atom stereocenters. The largest absolute Gasteiger partial charge is 0.383 e. The van der Waals surface area contributed by atoms with Gasteiger partial charge in [-0.05, 0) is 31.9 Å². The van der Waals surface area contributed by atoms with Gasteiger partial charge in [0.1, 0.15) is 5.82 Å². The summed E-state index contributed by atoms with van der Waals surface area (Å²) in [5, 5.41) is 0. The first kappa shape index (κ1) is 24.4. The number of amides is 1. The van der Waals surface area contributed by atoms with Gasteiger partial charge in [-0.25, -0.2) is 4.79 Å². The highest BCUT2D eigenvalue weighted by molar-refractivity contribution is 5.96. The molecule has 1 aromatic carbocycles. The number of hydrogen-bond donors (Lipinski definition) is 2. The van der Waals surface area contributed by atoms with Crippen molar-refractivity contribution >= 4 is 17.4 Å². The molecular weight excluding hydrogens is 394 g/mol. The zero-order valence-corrected chi connectivity index (χ0v) is 19.3. The number of aryl methyl sites for hydroxylation is 1. The summed E-state index contributed by atoms with van der Waals surface area (Å²) in [4.78, 5) is 43.8. The number of nitrogens with zero attached hydrogens (tertiary/aromatic N) is 3. The predicted octanol–water partition coefficient (Wildman–Crippen LogP) is 2.35. The molecule has 170 valence electrons. The Hall–Kier alpha value is -2.87. The Morgan fingerprint density at radius 2 is 1.84 bits per heavy atom. The van der Waals surface area contributed by atoms with E-state index in [1.807, 2.05) is 63.9 Å². The number of nitrogens with one attached hydrogen (secondary N) is 1. The fraction of sp³-hybridized carbons (Fsp3) is 0.522. The van der Waals surface area contributed by atoms with E-state index < -0.39 is 11.2 Å². The van der Waals surface area contributed by atoms with Crippen LogP contribution < -0.4 is 21.9 Å². The lowest BCUT2D eigenvalue weighted by Crippen LogP contribution is -2.45. The van der Waals surface area contributed by atoms with Gasteiger partial charge >= 0.3 is 5.69 Å². The van der Waals surface area contributed by atoms with Gasteiger partial charge in [-0.15, -0.1) is 0 Å². The van der Waals surface area contributed by atoms with Crippen molar-refractivity contribution in [2.45, 2.75) is 53.6 Å². The standard InChI is InChI=1S/C23H35N5O3/c1-6-7-12-27(19(29)15-26(5)14-18-10-8-17(4)9-11-18)20-21(24)28(13-16(2)3)23(31)25-22(20)30/h8-11,16H,6-7,12-15,24H2,1-5H3,(H,25,30,31). The Bertz CT molecular complexity index is 992. The molecule has 2 aromatic rings. The molecule has 0 fully saturated rings. The molecule has 2 rings (SSSR count). The van der Waals surface area contributed by atoms with Gasteiger partial charge in [0.2, 0.25) is 5.91 Å². The minimum atomic E-state index is -0.631. The number of anilines is 2. The fourth-order valence-corrected chi connectivity index (χ4v) is 3.44. The van der Waals surface area contributed by atoms with Crippen molar-refractivity contribution < 1.29 is 4.79 Å². The maximum atomic E-state index is 13.2. The molecule has 0 aliphatic heterocycles. The summed E-state index contributed by atoms with van der Waals surface area (Å²) in [5.74, 6) is -0.0395. The van der Waals surface area contributed by atoms with E-state index >= 15 is 0 Å². The molecular formula is C23H35N5O3. The van der Waals surface area contributed by atoms with Crippen molar-refractivity contribution in [3.63, 3.8) is 0 Å². The maximum Gasteiger partial charge on any atom is 0.330 e. The highest BCUT2D eigenvalue weighted by Crippen LogP contribution is 2.19. The predicted molar refractivity (Wildman–Crippen MR) is 125 cm³/mol. The molecule has 1 aromatic heterocycles. The van der Waals surface area contributed by atoms with Crippen LogP contribution >= 0.6 is 0 Å². The minimum Gasteiger partial charge on any atom is -0.383 e. The smallest absolute Gasteiger partial charge is 0.330 e. The molecule has 0 aliphatic rings. The average Bonchev–Trinajstić information content (AvgIpc) is 2.69. The van der Waals surface area contributed by atoms with E-state index in [4.69, 9.17) is 5.73 Å². The van der Waals surface area contributed by atoms with Crippen LogP contribution in [0.1, 0.15) is 44.7 Å². The highest BCUT2D eigenvalue weighted by Gasteiger charge is 2.25. The van der Waals surface area contributed by atoms with Gasteiger partial charge in [0.25, 0.3) is 5.56 Å². The zero-order chi connectivity index (χ0) is 23.1. The van der Waals surface area contributed by atoms with E-state index in [1.54, 1.807) is 0 Å². The van der Waals surface area contributed by atoms with Crippen LogP contribution in [0.15, 0.2) is 33.9 Å². The van der Waals surface area contributed by atoms with E-state index in [9.17, 15) is 14.4 Å². The monoisotopic (exact) mass is 429 g/mol. The third kappa shape index (κ3) is 6.55. The Balaban J connectivity index is 2.32. The first-order valence-corrected chi connectivity index (χ1v) is 10.8. The summed E-state index contributed by atoms with van der Waals surface area (Å²) in [6.45, 7) is 9.40. The number of unbranched alkanes of at least 4 members (excludes halogenated alkanes) is 1. The van der Waals surface area contributed by atoms with Gasteiger partial charge in [-0.3, -0.25) is 24.0 Å². The quantitative estimate of drug-likeness (QED) is 0.603. The van der Waals surface area contributed by atoms with Gasteiger partial charge in [-0.2, -0.15) is 0 Å². The van der Waals surface area contributed by atoms with Gasteiger partial charge in [0, 0.05) is 19.6 Å². The summed E-state index contributed by atoms with van der Waals surface area (Å²) >= 11 is 0. The lowest BCUT2D eigenvalue weighted by atomic mass is 10.1. The van der Waals surface area contributed by atoms with Crippen LogP contribution in [0.25, 0.3) is 0 Å². The first-order valence-electron chi connectivity index (χ1n) is 10.8. The number of H-pyrrole nitrogens is 1. The van der Waals surface area contributed by atoms with Crippen LogP contribution in [0.4, 0.5) is 11.5 Å². The number of aromatic nitrogens is 2. The van der Waals surface area contributed by atoms with Crippen LogP contribution in [0.5, 0.6) is 0 Å². The summed E-state index contributed by atoms with van der Waals surface area (Å²) in [7, 11) is 1.86. The summed E-state index contributed by atoms with van der Waals surface area (Å²) < 4.78 is 1.34. The molecule has 0 spiro atoms. The second-order valence-electron chi connectivity index (χ2n) is 8.55. The number of benzene rings is 1. The number of carbonyl (C=O) groups excluding carboxylic acids is 1. The Morgan fingerprint density at radius 1 is 1.19 bits per heavy atom. The summed E-state index contributed by atoms with van der Waals surface area (Å²) in [6.07, 6.45) is 1.57. The van der Waals surface area contributed by atoms with Crippen molar-refractivity contribution in [1.29, 1.82) is 0 Å². The van der Waals surface area contributed by atoms with Crippen LogP contribution in [0, 0.1) is 12.8 Å². The van der Waals surface area contributed by atoms with E-state index in [1.165, 1.54) is 15.0 Å². The third-order valence-corrected chi connectivity index (χ3v) is 5.05. The van der Waals surface area contributed by atoms with Gasteiger partial charge in [-0.1, -0.05) is 57.0 Å². The number of hydrogen-bond acceptors (Lipinski definition) is 5. The highest BCUT2D eigenvalue weighted by atomic mass is 16.2.